The van der Waals surface area contributed by atoms with Gasteiger partial charge in [0.2, 0.25) is 5.91 Å². The molecule has 1 unspecified atom stereocenters. The molecule has 9 heteroatoms. The smallest absolute Gasteiger partial charge is 0.269 e. The maximum atomic E-state index is 13.5. The summed E-state index contributed by atoms with van der Waals surface area (Å²) in [6.45, 7) is 2.16. The van der Waals surface area contributed by atoms with Crippen molar-refractivity contribution in [2.45, 2.75) is 25.1 Å². The number of anilines is 1. The van der Waals surface area contributed by atoms with E-state index >= 15 is 0 Å². The van der Waals surface area contributed by atoms with E-state index in [1.165, 1.54) is 17.0 Å². The van der Waals surface area contributed by atoms with Crippen LogP contribution in [0.15, 0.2) is 89.5 Å². The van der Waals surface area contributed by atoms with Crippen molar-refractivity contribution >= 4 is 35.0 Å². The van der Waals surface area contributed by atoms with Gasteiger partial charge in [-0.3, -0.25) is 24.6 Å². The molecule has 180 valence electrons. The number of hydrogen-bond donors (Lipinski definition) is 1. The Bertz CT molecular complexity index is 1380. The average Bonchev–Trinajstić information content (AvgIpc) is 3.19. The summed E-state index contributed by atoms with van der Waals surface area (Å²) in [7, 11) is 0. The molecule has 2 amide bonds. The maximum absolute atomic E-state index is 13.5. The molecule has 0 aromatic heterocycles. The lowest BCUT2D eigenvalue weighted by Gasteiger charge is -2.19. The van der Waals surface area contributed by atoms with Gasteiger partial charge in [-0.15, -0.1) is 0 Å². The molecule has 3 aromatic carbocycles. The highest BCUT2D eigenvalue weighted by Gasteiger charge is 2.40. The van der Waals surface area contributed by atoms with E-state index in [0.29, 0.717) is 11.3 Å². The number of amides is 2. The molecule has 1 fully saturated rings. The fourth-order valence-electron chi connectivity index (χ4n) is 3.79. The van der Waals surface area contributed by atoms with Gasteiger partial charge in [-0.25, -0.2) is 0 Å². The van der Waals surface area contributed by atoms with Gasteiger partial charge in [0.25, 0.3) is 11.6 Å². The Balaban J connectivity index is 1.67. The number of nitro groups is 1. The summed E-state index contributed by atoms with van der Waals surface area (Å²) in [5, 5.41) is 23.4. The van der Waals surface area contributed by atoms with E-state index in [0.717, 1.165) is 22.9 Å². The van der Waals surface area contributed by atoms with Crippen LogP contribution in [0.1, 0.15) is 16.7 Å². The Morgan fingerprint density at radius 3 is 2.44 bits per heavy atom. The van der Waals surface area contributed by atoms with Crippen LogP contribution in [-0.2, 0) is 22.6 Å². The van der Waals surface area contributed by atoms with E-state index in [1.54, 1.807) is 24.3 Å². The number of carbonyl (C=O) groups is 2. The fraction of sp³-hybridized carbons (Fsp3) is 0.148. The lowest BCUT2D eigenvalue weighted by molar-refractivity contribution is -0.384. The van der Waals surface area contributed by atoms with Crippen LogP contribution in [0.25, 0.3) is 0 Å². The van der Waals surface area contributed by atoms with E-state index < -0.39 is 16.1 Å². The van der Waals surface area contributed by atoms with Crippen LogP contribution in [-0.4, -0.2) is 22.0 Å². The largest absolute Gasteiger partial charge is 0.347 e. The monoisotopic (exact) mass is 498 g/mol. The van der Waals surface area contributed by atoms with Crippen molar-refractivity contribution in [3.63, 3.8) is 0 Å². The quantitative estimate of drug-likeness (QED) is 0.219. The first-order chi connectivity index (χ1) is 17.4. The van der Waals surface area contributed by atoms with E-state index in [1.807, 2.05) is 55.5 Å². The molecule has 4 rings (SSSR count). The topological polar surface area (TPSA) is 116 Å². The van der Waals surface area contributed by atoms with Gasteiger partial charge in [0.15, 0.2) is 0 Å². The highest BCUT2D eigenvalue weighted by Crippen LogP contribution is 2.42. The Morgan fingerprint density at radius 1 is 1.08 bits per heavy atom. The van der Waals surface area contributed by atoms with Crippen LogP contribution in [0.5, 0.6) is 0 Å². The van der Waals surface area contributed by atoms with Crippen molar-refractivity contribution in [2.24, 2.45) is 0 Å². The summed E-state index contributed by atoms with van der Waals surface area (Å²) < 4.78 is 0. The van der Waals surface area contributed by atoms with Crippen molar-refractivity contribution in [2.75, 3.05) is 4.90 Å². The lowest BCUT2D eigenvalue weighted by atomic mass is 10.1. The minimum absolute atomic E-state index is 0.0629. The molecule has 8 nitrogen and oxygen atoms in total. The number of nitriles is 1. The number of carbonyl (C=O) groups excluding carboxylic acids is 2. The molecule has 1 aliphatic rings. The van der Waals surface area contributed by atoms with E-state index in [2.05, 4.69) is 5.32 Å². The number of aryl methyl sites for hydroxylation is 1. The molecule has 1 N–H and O–H groups in total. The Labute approximate surface area is 212 Å². The van der Waals surface area contributed by atoms with Gasteiger partial charge in [-0.05, 0) is 36.6 Å². The summed E-state index contributed by atoms with van der Waals surface area (Å²) in [4.78, 5) is 38.7. The van der Waals surface area contributed by atoms with E-state index in [4.69, 9.17) is 0 Å². The third kappa shape index (κ3) is 5.45. The molecule has 0 bridgehead atoms. The second-order valence-electron chi connectivity index (χ2n) is 8.21. The number of non-ortho nitro benzene ring substituents is 1. The van der Waals surface area contributed by atoms with E-state index in [9.17, 15) is 25.0 Å². The normalized spacial score (nSPS) is 16.4. The van der Waals surface area contributed by atoms with Gasteiger partial charge < -0.3 is 5.32 Å². The number of thioether (sulfide) groups is 1. The van der Waals surface area contributed by atoms with Crippen LogP contribution >= 0.6 is 11.8 Å². The lowest BCUT2D eigenvalue weighted by Crippen LogP contribution is -2.32. The zero-order valence-electron chi connectivity index (χ0n) is 19.4. The molecule has 0 saturated carbocycles. The van der Waals surface area contributed by atoms with Gasteiger partial charge in [-0.1, -0.05) is 71.9 Å². The van der Waals surface area contributed by atoms with Gasteiger partial charge in [-0.2, -0.15) is 5.26 Å². The van der Waals surface area contributed by atoms with Crippen LogP contribution in [0.4, 0.5) is 11.4 Å². The molecule has 36 heavy (non-hydrogen) atoms. The maximum Gasteiger partial charge on any atom is 0.269 e. The summed E-state index contributed by atoms with van der Waals surface area (Å²) >= 11 is 1.12. The van der Waals surface area contributed by atoms with Gasteiger partial charge >= 0.3 is 0 Å². The molecule has 0 radical (unpaired) electrons. The highest BCUT2D eigenvalue weighted by molar-refractivity contribution is 8.05. The summed E-state index contributed by atoms with van der Waals surface area (Å²) in [5.41, 5.74) is 2.81. The highest BCUT2D eigenvalue weighted by atomic mass is 32.2. The van der Waals surface area contributed by atoms with Gasteiger partial charge in [0.1, 0.15) is 16.7 Å². The standard InChI is InChI=1S/C27H22N4O4S/c1-18-10-12-21(13-11-18)30-26(33)24(15-20-8-5-9-22(14-20)31(34)35)36-27(30)23(16-28)25(32)29-17-19-6-3-2-4-7-19/h2-14,24H,15,17H2,1H3,(H,29,32). The minimum atomic E-state index is -0.659. The summed E-state index contributed by atoms with van der Waals surface area (Å²) in [6.07, 6.45) is 0.210. The van der Waals surface area contributed by atoms with Crippen LogP contribution in [0.2, 0.25) is 0 Å². The fourth-order valence-corrected chi connectivity index (χ4v) is 5.10. The van der Waals surface area contributed by atoms with Crippen LogP contribution in [0.3, 0.4) is 0 Å². The predicted molar refractivity (Wildman–Crippen MR) is 138 cm³/mol. The van der Waals surface area contributed by atoms with Crippen molar-refractivity contribution in [3.8, 4) is 6.07 Å². The number of benzene rings is 3. The summed E-state index contributed by atoms with van der Waals surface area (Å²) in [6, 6.07) is 24.6. The van der Waals surface area contributed by atoms with Gasteiger partial charge in [0.05, 0.1) is 10.2 Å². The number of nitrogens with zero attached hydrogens (tertiary/aromatic N) is 3. The number of hydrogen-bond acceptors (Lipinski definition) is 6. The molecule has 1 aliphatic heterocycles. The first kappa shape index (κ1) is 24.7. The third-order valence-corrected chi connectivity index (χ3v) is 6.90. The van der Waals surface area contributed by atoms with Crippen molar-refractivity contribution < 1.29 is 14.5 Å². The van der Waals surface area contributed by atoms with Crippen LogP contribution < -0.4 is 10.2 Å². The Morgan fingerprint density at radius 2 is 1.78 bits per heavy atom. The second kappa shape index (κ2) is 10.9. The zero-order chi connectivity index (χ0) is 25.7. The Hall–Kier alpha value is -4.42. The van der Waals surface area contributed by atoms with Crippen molar-refractivity contribution in [3.05, 3.63) is 116 Å². The third-order valence-electron chi connectivity index (χ3n) is 5.64. The predicted octanol–water partition coefficient (Wildman–Crippen LogP) is 4.65. The average molecular weight is 499 g/mol. The second-order valence-corrected chi connectivity index (χ2v) is 9.40. The van der Waals surface area contributed by atoms with Crippen LogP contribution in [0, 0.1) is 28.4 Å². The molecule has 1 heterocycles. The zero-order valence-corrected chi connectivity index (χ0v) is 20.2. The molecule has 1 saturated heterocycles. The molecular formula is C27H22N4O4S. The molecule has 0 aliphatic carbocycles. The molecule has 0 spiro atoms. The Kier molecular flexibility index (Phi) is 7.47. The van der Waals surface area contributed by atoms with Crippen molar-refractivity contribution in [1.29, 1.82) is 5.26 Å². The number of rotatable bonds is 7. The molecular weight excluding hydrogens is 476 g/mol. The first-order valence-electron chi connectivity index (χ1n) is 11.1. The van der Waals surface area contributed by atoms with Gasteiger partial charge in [0, 0.05) is 24.4 Å². The van der Waals surface area contributed by atoms with Crippen molar-refractivity contribution in [1.82, 2.24) is 5.32 Å². The molecule has 3 aromatic rings. The summed E-state index contributed by atoms with van der Waals surface area (Å²) in [5.74, 6) is -0.876. The number of nitro benzene ring substituents is 1. The molecule has 1 atom stereocenters. The first-order valence-corrected chi connectivity index (χ1v) is 12.0. The SMILES string of the molecule is Cc1ccc(N2C(=O)C(Cc3cccc([N+](=O)[O-])c3)SC2=C(C#N)C(=O)NCc2ccccc2)cc1. The number of nitrogens with one attached hydrogen (secondary N) is 1. The minimum Gasteiger partial charge on any atom is -0.347 e. The van der Waals surface area contributed by atoms with E-state index in [-0.39, 0.29) is 35.2 Å².